The summed E-state index contributed by atoms with van der Waals surface area (Å²) < 4.78 is 8.33. The molecule has 7 heteroatoms. The molecule has 3 aromatic rings. The highest BCUT2D eigenvalue weighted by Crippen LogP contribution is 2.19. The van der Waals surface area contributed by atoms with Crippen molar-refractivity contribution in [1.82, 2.24) is 14.1 Å². The zero-order chi connectivity index (χ0) is 18.7. The number of ether oxygens (including phenoxy) is 1. The molecule has 0 fully saturated rings. The summed E-state index contributed by atoms with van der Waals surface area (Å²) in [7, 11) is 1.43. The Morgan fingerprint density at radius 3 is 2.73 bits per heavy atom. The third-order valence-corrected chi connectivity index (χ3v) is 4.28. The zero-order valence-electron chi connectivity index (χ0n) is 14.6. The van der Waals surface area contributed by atoms with E-state index in [1.807, 2.05) is 19.1 Å². The number of nitrogens with zero attached hydrogens (tertiary/aromatic N) is 4. The number of methoxy groups -OCH3 is 1. The monoisotopic (exact) mass is 350 g/mol. The van der Waals surface area contributed by atoms with Crippen LogP contribution < -0.4 is 15.9 Å². The summed E-state index contributed by atoms with van der Waals surface area (Å²) in [5.74, 6) is 0.205. The van der Waals surface area contributed by atoms with Gasteiger partial charge in [-0.2, -0.15) is 5.26 Å². The molecule has 0 unspecified atom stereocenters. The van der Waals surface area contributed by atoms with Gasteiger partial charge >= 0.3 is 0 Å². The number of nitriles is 1. The quantitative estimate of drug-likeness (QED) is 0.700. The lowest BCUT2D eigenvalue weighted by Crippen LogP contribution is -2.24. The van der Waals surface area contributed by atoms with Crippen LogP contribution in [0.15, 0.2) is 46.1 Å². The summed E-state index contributed by atoms with van der Waals surface area (Å²) in [5, 5.41) is 9.55. The van der Waals surface area contributed by atoms with Gasteiger partial charge in [0.15, 0.2) is 0 Å². The van der Waals surface area contributed by atoms with Crippen molar-refractivity contribution in [1.29, 1.82) is 5.26 Å². The van der Waals surface area contributed by atoms with E-state index in [1.165, 1.54) is 19.2 Å². The van der Waals surface area contributed by atoms with Crippen LogP contribution >= 0.6 is 0 Å². The van der Waals surface area contributed by atoms with Crippen LogP contribution in [0.1, 0.15) is 17.7 Å². The van der Waals surface area contributed by atoms with Gasteiger partial charge in [-0.15, -0.1) is 0 Å². The van der Waals surface area contributed by atoms with Crippen LogP contribution in [-0.2, 0) is 13.1 Å². The topological polar surface area (TPSA) is 89.9 Å². The van der Waals surface area contributed by atoms with E-state index in [2.05, 4.69) is 4.98 Å². The molecule has 0 spiro atoms. The molecule has 0 aromatic carbocycles. The van der Waals surface area contributed by atoms with E-state index < -0.39 is 0 Å². The first kappa shape index (κ1) is 17.4. The number of aryl methyl sites for hydroxylation is 2. The predicted molar refractivity (Wildman–Crippen MR) is 97.3 cm³/mol. The van der Waals surface area contributed by atoms with Gasteiger partial charge in [-0.05, 0) is 31.5 Å². The highest BCUT2D eigenvalue weighted by Gasteiger charge is 2.11. The van der Waals surface area contributed by atoms with Gasteiger partial charge in [-0.25, -0.2) is 4.98 Å². The average molecular weight is 350 g/mol. The Morgan fingerprint density at radius 1 is 1.23 bits per heavy atom. The van der Waals surface area contributed by atoms with Gasteiger partial charge in [0.2, 0.25) is 5.88 Å². The number of fused-ring (bicyclic) bond motifs is 1. The Labute approximate surface area is 149 Å². The van der Waals surface area contributed by atoms with E-state index in [0.29, 0.717) is 30.4 Å². The molecule has 132 valence electrons. The number of rotatable bonds is 5. The maximum atomic E-state index is 12.7. The lowest BCUT2D eigenvalue weighted by Gasteiger charge is -2.11. The minimum atomic E-state index is -0.216. The Morgan fingerprint density at radius 2 is 2.04 bits per heavy atom. The Kier molecular flexibility index (Phi) is 4.85. The third kappa shape index (κ3) is 3.22. The molecule has 7 nitrogen and oxygen atoms in total. The van der Waals surface area contributed by atoms with E-state index in [4.69, 9.17) is 4.74 Å². The smallest absolute Gasteiger partial charge is 0.260 e. The molecule has 0 radical (unpaired) electrons. The van der Waals surface area contributed by atoms with Crippen LogP contribution in [0.2, 0.25) is 0 Å². The molecule has 0 saturated heterocycles. The van der Waals surface area contributed by atoms with Crippen LogP contribution in [0, 0.1) is 18.3 Å². The van der Waals surface area contributed by atoms with E-state index >= 15 is 0 Å². The molecule has 26 heavy (non-hydrogen) atoms. The standard InChI is InChI=1S/C19H18N4O3/c1-13-5-3-6-17(24)23(13)9-4-8-22-10-7-16-15(19(22)25)11-14(12-20)18(21-16)26-2/h3,5-7,10-11H,4,8-9H2,1-2H3. The number of aromatic nitrogens is 3. The summed E-state index contributed by atoms with van der Waals surface area (Å²) in [6.45, 7) is 2.87. The maximum Gasteiger partial charge on any atom is 0.260 e. The van der Waals surface area contributed by atoms with Gasteiger partial charge < -0.3 is 13.9 Å². The molecular formula is C19H18N4O3. The summed E-state index contributed by atoms with van der Waals surface area (Å²) in [6, 6.07) is 10.4. The molecule has 0 saturated carbocycles. The fourth-order valence-electron chi connectivity index (χ4n) is 2.91. The van der Waals surface area contributed by atoms with E-state index in [9.17, 15) is 14.9 Å². The first-order valence-electron chi connectivity index (χ1n) is 8.20. The van der Waals surface area contributed by atoms with Gasteiger partial charge in [0, 0.05) is 31.0 Å². The van der Waals surface area contributed by atoms with Crippen molar-refractivity contribution < 1.29 is 4.74 Å². The molecule has 0 atom stereocenters. The highest BCUT2D eigenvalue weighted by molar-refractivity contribution is 5.79. The van der Waals surface area contributed by atoms with Crippen LogP contribution in [0.25, 0.3) is 10.9 Å². The molecule has 3 heterocycles. The molecule has 0 N–H and O–H groups in total. The van der Waals surface area contributed by atoms with Crippen LogP contribution in [0.5, 0.6) is 5.88 Å². The van der Waals surface area contributed by atoms with Crippen molar-refractivity contribution >= 4 is 10.9 Å². The molecule has 0 bridgehead atoms. The predicted octanol–water partition coefficient (Wildman–Crippen LogP) is 1.84. The Hall–Kier alpha value is -3.40. The summed E-state index contributed by atoms with van der Waals surface area (Å²) in [6.07, 6.45) is 2.30. The Bertz CT molecular complexity index is 1120. The van der Waals surface area contributed by atoms with Gasteiger partial charge in [-0.1, -0.05) is 6.07 Å². The van der Waals surface area contributed by atoms with E-state index in [-0.39, 0.29) is 22.6 Å². The van der Waals surface area contributed by atoms with Gasteiger partial charge in [-0.3, -0.25) is 9.59 Å². The summed E-state index contributed by atoms with van der Waals surface area (Å²) in [4.78, 5) is 28.8. The van der Waals surface area contributed by atoms with Crippen molar-refractivity contribution in [3.8, 4) is 11.9 Å². The number of pyridine rings is 3. The fourth-order valence-corrected chi connectivity index (χ4v) is 2.91. The van der Waals surface area contributed by atoms with Crippen LogP contribution in [0.4, 0.5) is 0 Å². The molecule has 0 aliphatic rings. The third-order valence-electron chi connectivity index (χ3n) is 4.28. The van der Waals surface area contributed by atoms with E-state index in [1.54, 1.807) is 27.5 Å². The first-order chi connectivity index (χ1) is 12.5. The summed E-state index contributed by atoms with van der Waals surface area (Å²) in [5.41, 5.74) is 1.33. The lowest BCUT2D eigenvalue weighted by atomic mass is 10.2. The van der Waals surface area contributed by atoms with Crippen molar-refractivity contribution in [3.05, 3.63) is 68.5 Å². The minimum absolute atomic E-state index is 0.0502. The fraction of sp³-hybridized carbons (Fsp3) is 0.263. The second kappa shape index (κ2) is 7.23. The van der Waals surface area contributed by atoms with Crippen molar-refractivity contribution in [2.24, 2.45) is 0 Å². The SMILES string of the molecule is COc1nc2ccn(CCCn3c(C)cccc3=O)c(=O)c2cc1C#N. The molecule has 0 amide bonds. The van der Waals surface area contributed by atoms with Crippen molar-refractivity contribution in [3.63, 3.8) is 0 Å². The Balaban J connectivity index is 1.87. The second-order valence-electron chi connectivity index (χ2n) is 5.91. The largest absolute Gasteiger partial charge is 0.480 e. The maximum absolute atomic E-state index is 12.7. The van der Waals surface area contributed by atoms with Gasteiger partial charge in [0.05, 0.1) is 18.0 Å². The molecule has 0 aliphatic heterocycles. The summed E-state index contributed by atoms with van der Waals surface area (Å²) >= 11 is 0. The van der Waals surface area contributed by atoms with Crippen molar-refractivity contribution in [2.45, 2.75) is 26.4 Å². The highest BCUT2D eigenvalue weighted by atomic mass is 16.5. The molecule has 0 aliphatic carbocycles. The molecular weight excluding hydrogens is 332 g/mol. The average Bonchev–Trinajstić information content (AvgIpc) is 2.64. The molecule has 3 aromatic heterocycles. The minimum Gasteiger partial charge on any atom is -0.480 e. The van der Waals surface area contributed by atoms with Crippen LogP contribution in [0.3, 0.4) is 0 Å². The van der Waals surface area contributed by atoms with Crippen molar-refractivity contribution in [2.75, 3.05) is 7.11 Å². The lowest BCUT2D eigenvalue weighted by molar-refractivity contribution is 0.398. The normalized spacial score (nSPS) is 10.7. The number of hydrogen-bond donors (Lipinski definition) is 0. The van der Waals surface area contributed by atoms with Crippen LogP contribution in [-0.4, -0.2) is 21.2 Å². The van der Waals surface area contributed by atoms with Gasteiger partial charge in [0.25, 0.3) is 11.1 Å². The second-order valence-corrected chi connectivity index (χ2v) is 5.91. The van der Waals surface area contributed by atoms with E-state index in [0.717, 1.165) is 5.69 Å². The molecule has 3 rings (SSSR count). The zero-order valence-corrected chi connectivity index (χ0v) is 14.6. The van der Waals surface area contributed by atoms with Gasteiger partial charge in [0.1, 0.15) is 11.6 Å². The number of hydrogen-bond acceptors (Lipinski definition) is 5. The first-order valence-corrected chi connectivity index (χ1v) is 8.20.